The lowest BCUT2D eigenvalue weighted by Gasteiger charge is -2.19. The van der Waals surface area contributed by atoms with Crippen LogP contribution < -0.4 is 4.90 Å². The molecule has 2 aromatic rings. The number of rotatable bonds is 3. The second-order valence-corrected chi connectivity index (χ2v) is 5.67. The van der Waals surface area contributed by atoms with Crippen molar-refractivity contribution in [3.05, 3.63) is 39.0 Å². The Hall–Kier alpha value is -1.93. The third-order valence-electron chi connectivity index (χ3n) is 2.86. The van der Waals surface area contributed by atoms with Crippen molar-refractivity contribution >= 4 is 17.2 Å². The Bertz CT molecular complexity index is 639. The molecule has 0 amide bonds. The van der Waals surface area contributed by atoms with Crippen LogP contribution in [-0.2, 0) is 6.54 Å². The molecular formula is C14H16N4S. The highest BCUT2D eigenvalue weighted by atomic mass is 32.1. The smallest absolute Gasteiger partial charge is 0.147 e. The molecule has 0 atom stereocenters. The minimum absolute atomic E-state index is 0.639. The first-order valence-corrected chi connectivity index (χ1v) is 6.89. The van der Waals surface area contributed by atoms with Gasteiger partial charge in [0.25, 0.3) is 0 Å². The molecule has 0 aliphatic carbocycles. The Kier molecular flexibility index (Phi) is 3.82. The van der Waals surface area contributed by atoms with E-state index in [1.54, 1.807) is 11.3 Å². The number of aromatic nitrogens is 2. The minimum Gasteiger partial charge on any atom is -0.353 e. The summed E-state index contributed by atoms with van der Waals surface area (Å²) in [6.45, 7) is 6.54. The molecule has 4 nitrogen and oxygen atoms in total. The maximum atomic E-state index is 9.28. The zero-order chi connectivity index (χ0) is 14.0. The van der Waals surface area contributed by atoms with Crippen LogP contribution in [0.5, 0.6) is 0 Å². The minimum atomic E-state index is 0.639. The van der Waals surface area contributed by atoms with Crippen molar-refractivity contribution in [2.75, 3.05) is 11.9 Å². The highest BCUT2D eigenvalue weighted by molar-refractivity contribution is 7.09. The first-order valence-electron chi connectivity index (χ1n) is 6.01. The molecule has 0 saturated heterocycles. The number of nitrogens with zero attached hydrogens (tertiary/aromatic N) is 4. The second-order valence-electron chi connectivity index (χ2n) is 4.60. The van der Waals surface area contributed by atoms with Crippen molar-refractivity contribution in [2.24, 2.45) is 0 Å². The summed E-state index contributed by atoms with van der Waals surface area (Å²) in [6.07, 6.45) is 0. The van der Waals surface area contributed by atoms with Gasteiger partial charge in [-0.3, -0.25) is 0 Å². The number of thiazole rings is 1. The van der Waals surface area contributed by atoms with Crippen LogP contribution in [-0.4, -0.2) is 17.0 Å². The second kappa shape index (κ2) is 5.37. The topological polar surface area (TPSA) is 52.8 Å². The first-order chi connectivity index (χ1) is 9.01. The van der Waals surface area contributed by atoms with E-state index in [0.717, 1.165) is 27.8 Å². The van der Waals surface area contributed by atoms with Crippen LogP contribution in [0.4, 0.5) is 5.82 Å². The Balaban J connectivity index is 2.33. The zero-order valence-corrected chi connectivity index (χ0v) is 12.4. The van der Waals surface area contributed by atoms with Gasteiger partial charge in [-0.05, 0) is 32.4 Å². The summed E-state index contributed by atoms with van der Waals surface area (Å²) >= 11 is 1.63. The van der Waals surface area contributed by atoms with E-state index >= 15 is 0 Å². The third kappa shape index (κ3) is 2.91. The van der Waals surface area contributed by atoms with E-state index in [0.29, 0.717) is 12.1 Å². The Morgan fingerprint density at radius 3 is 2.63 bits per heavy atom. The average molecular weight is 272 g/mol. The predicted octanol–water partition coefficient (Wildman–Crippen LogP) is 2.97. The fourth-order valence-electron chi connectivity index (χ4n) is 2.03. The number of nitriles is 1. The van der Waals surface area contributed by atoms with Gasteiger partial charge in [0.2, 0.25) is 0 Å². The predicted molar refractivity (Wildman–Crippen MR) is 77.4 cm³/mol. The van der Waals surface area contributed by atoms with E-state index in [1.807, 2.05) is 44.2 Å². The van der Waals surface area contributed by atoms with Crippen LogP contribution >= 0.6 is 11.3 Å². The van der Waals surface area contributed by atoms with E-state index < -0.39 is 0 Å². The van der Waals surface area contributed by atoms with Crippen LogP contribution in [0.2, 0.25) is 0 Å². The summed E-state index contributed by atoms with van der Waals surface area (Å²) in [6, 6.07) is 4.17. The summed E-state index contributed by atoms with van der Waals surface area (Å²) in [7, 11) is 1.94. The van der Waals surface area contributed by atoms with E-state index in [-0.39, 0.29) is 0 Å². The molecule has 98 valence electrons. The van der Waals surface area contributed by atoms with Gasteiger partial charge >= 0.3 is 0 Å². The lowest BCUT2D eigenvalue weighted by Crippen LogP contribution is -2.20. The van der Waals surface area contributed by atoms with Gasteiger partial charge in [0.15, 0.2) is 0 Å². The lowest BCUT2D eigenvalue weighted by atomic mass is 10.1. The molecule has 0 saturated carbocycles. The van der Waals surface area contributed by atoms with Gasteiger partial charge in [0, 0.05) is 18.1 Å². The maximum absolute atomic E-state index is 9.28. The van der Waals surface area contributed by atoms with E-state index in [9.17, 15) is 5.26 Å². The number of hydrogen-bond donors (Lipinski definition) is 0. The average Bonchev–Trinajstić information content (AvgIpc) is 2.73. The molecule has 0 bridgehead atoms. The highest BCUT2D eigenvalue weighted by Gasteiger charge is 2.13. The SMILES string of the molecule is Cc1cc(C)c(C#N)c(N(C)Cc2csc(C)n2)n1. The van der Waals surface area contributed by atoms with Gasteiger partial charge in [0.1, 0.15) is 11.9 Å². The molecule has 2 rings (SSSR count). The van der Waals surface area contributed by atoms with Crippen molar-refractivity contribution < 1.29 is 0 Å². The first kappa shape index (κ1) is 13.5. The normalized spacial score (nSPS) is 10.3. The molecule has 5 heteroatoms. The molecular weight excluding hydrogens is 256 g/mol. The number of aryl methyl sites for hydroxylation is 3. The summed E-state index contributed by atoms with van der Waals surface area (Å²) in [5.74, 6) is 0.727. The number of anilines is 1. The largest absolute Gasteiger partial charge is 0.353 e. The van der Waals surface area contributed by atoms with Gasteiger partial charge < -0.3 is 4.90 Å². The van der Waals surface area contributed by atoms with Crippen LogP contribution in [0.1, 0.15) is 27.5 Å². The van der Waals surface area contributed by atoms with Gasteiger partial charge in [-0.15, -0.1) is 11.3 Å². The van der Waals surface area contributed by atoms with Crippen LogP contribution in [0.15, 0.2) is 11.4 Å². The molecule has 0 unspecified atom stereocenters. The monoisotopic (exact) mass is 272 g/mol. The van der Waals surface area contributed by atoms with Crippen LogP contribution in [0.25, 0.3) is 0 Å². The van der Waals surface area contributed by atoms with Crippen molar-refractivity contribution in [3.63, 3.8) is 0 Å². The summed E-state index contributed by atoms with van der Waals surface area (Å²) in [4.78, 5) is 10.9. The molecule has 0 spiro atoms. The maximum Gasteiger partial charge on any atom is 0.147 e. The highest BCUT2D eigenvalue weighted by Crippen LogP contribution is 2.22. The molecule has 2 aromatic heterocycles. The van der Waals surface area contributed by atoms with Crippen LogP contribution in [0.3, 0.4) is 0 Å². The molecule has 0 radical (unpaired) electrons. The molecule has 0 aromatic carbocycles. The number of hydrogen-bond acceptors (Lipinski definition) is 5. The third-order valence-corrected chi connectivity index (χ3v) is 3.69. The zero-order valence-electron chi connectivity index (χ0n) is 11.6. The molecule has 0 fully saturated rings. The van der Waals surface area contributed by atoms with Crippen molar-refractivity contribution in [3.8, 4) is 6.07 Å². The Labute approximate surface area is 117 Å². The van der Waals surface area contributed by atoms with Crippen molar-refractivity contribution in [1.82, 2.24) is 9.97 Å². The summed E-state index contributed by atoms with van der Waals surface area (Å²) < 4.78 is 0. The summed E-state index contributed by atoms with van der Waals surface area (Å²) in [5, 5.41) is 12.4. The molecule has 0 aliphatic heterocycles. The van der Waals surface area contributed by atoms with E-state index in [2.05, 4.69) is 16.0 Å². The Morgan fingerprint density at radius 2 is 2.05 bits per heavy atom. The quantitative estimate of drug-likeness (QED) is 0.862. The van der Waals surface area contributed by atoms with Gasteiger partial charge in [-0.2, -0.15) is 5.26 Å². The van der Waals surface area contributed by atoms with Crippen LogP contribution in [0, 0.1) is 32.1 Å². The standard InChI is InChI=1S/C14H16N4S/c1-9-5-10(2)16-14(13(9)6-15)18(4)7-12-8-19-11(3)17-12/h5,8H,7H2,1-4H3. The lowest BCUT2D eigenvalue weighted by molar-refractivity contribution is 0.862. The molecule has 0 N–H and O–H groups in total. The molecule has 0 aliphatic rings. The van der Waals surface area contributed by atoms with Crippen molar-refractivity contribution in [1.29, 1.82) is 5.26 Å². The van der Waals surface area contributed by atoms with Gasteiger partial charge in [-0.25, -0.2) is 9.97 Å². The molecule has 2 heterocycles. The van der Waals surface area contributed by atoms with Gasteiger partial charge in [-0.1, -0.05) is 0 Å². The molecule has 19 heavy (non-hydrogen) atoms. The fraction of sp³-hybridized carbons (Fsp3) is 0.357. The van der Waals surface area contributed by atoms with E-state index in [4.69, 9.17) is 0 Å². The van der Waals surface area contributed by atoms with Gasteiger partial charge in [0.05, 0.1) is 22.8 Å². The summed E-state index contributed by atoms with van der Waals surface area (Å²) in [5.41, 5.74) is 3.54. The van der Waals surface area contributed by atoms with E-state index in [1.165, 1.54) is 0 Å². The number of pyridine rings is 1. The van der Waals surface area contributed by atoms with Crippen molar-refractivity contribution in [2.45, 2.75) is 27.3 Å². The fourth-order valence-corrected chi connectivity index (χ4v) is 2.63. The Morgan fingerprint density at radius 1 is 1.32 bits per heavy atom.